The Morgan fingerprint density at radius 1 is 1.38 bits per heavy atom. The highest BCUT2D eigenvalue weighted by Crippen LogP contribution is 2.55. The van der Waals surface area contributed by atoms with E-state index in [1.807, 2.05) is 24.3 Å². The molecule has 108 valence electrons. The van der Waals surface area contributed by atoms with Crippen LogP contribution in [0.2, 0.25) is 0 Å². The van der Waals surface area contributed by atoms with Crippen molar-refractivity contribution in [3.63, 3.8) is 0 Å². The lowest BCUT2D eigenvalue weighted by molar-refractivity contribution is -0.123. The second kappa shape index (κ2) is 4.78. The fraction of sp³-hybridized carbons (Fsp3) is 0.357. The molecule has 4 rings (SSSR count). The molecule has 7 heteroatoms. The minimum absolute atomic E-state index is 0.0172. The van der Waals surface area contributed by atoms with E-state index in [4.69, 9.17) is 0 Å². The van der Waals surface area contributed by atoms with Gasteiger partial charge in [0.2, 0.25) is 5.91 Å². The normalized spacial score (nSPS) is 26.6. The lowest BCUT2D eigenvalue weighted by Gasteiger charge is -2.29. The molecule has 5 nitrogen and oxygen atoms in total. The molecule has 21 heavy (non-hydrogen) atoms. The Morgan fingerprint density at radius 3 is 3.05 bits per heavy atom. The molecule has 2 amide bonds. The Morgan fingerprint density at radius 2 is 2.24 bits per heavy atom. The second-order valence-electron chi connectivity index (χ2n) is 5.07. The Labute approximate surface area is 130 Å². The maximum Gasteiger partial charge on any atom is 0.263 e. The van der Waals surface area contributed by atoms with Crippen LogP contribution in [-0.4, -0.2) is 34.2 Å². The third-order valence-corrected chi connectivity index (χ3v) is 6.20. The average molecular weight is 319 g/mol. The number of carbonyl (C=O) groups is 2. The monoisotopic (exact) mass is 319 g/mol. The molecule has 0 bridgehead atoms. The molecular weight excluding hydrogens is 306 g/mol. The number of nitrogens with one attached hydrogen (secondary N) is 1. The van der Waals surface area contributed by atoms with E-state index in [9.17, 15) is 9.59 Å². The van der Waals surface area contributed by atoms with Gasteiger partial charge in [-0.15, -0.1) is 0 Å². The Bertz CT molecular complexity index is 676. The van der Waals surface area contributed by atoms with Crippen LogP contribution in [0.1, 0.15) is 12.8 Å². The van der Waals surface area contributed by atoms with Crippen LogP contribution in [-0.2, 0) is 9.59 Å². The van der Waals surface area contributed by atoms with Gasteiger partial charge in [0.05, 0.1) is 12.2 Å². The van der Waals surface area contributed by atoms with Crippen LogP contribution in [0.3, 0.4) is 0 Å². The van der Waals surface area contributed by atoms with Crippen LogP contribution >= 0.6 is 23.5 Å². The number of nitrogens with zero attached hydrogens (tertiary/aromatic N) is 2. The van der Waals surface area contributed by atoms with E-state index in [1.165, 1.54) is 11.8 Å². The minimum atomic E-state index is -0.841. The zero-order valence-corrected chi connectivity index (χ0v) is 12.8. The van der Waals surface area contributed by atoms with Crippen molar-refractivity contribution in [1.29, 1.82) is 0 Å². The van der Waals surface area contributed by atoms with Crippen LogP contribution in [0.15, 0.2) is 34.2 Å². The summed E-state index contributed by atoms with van der Waals surface area (Å²) in [7, 11) is 0. The molecule has 0 radical (unpaired) electrons. The van der Waals surface area contributed by atoms with E-state index >= 15 is 0 Å². The quantitative estimate of drug-likeness (QED) is 0.858. The lowest BCUT2D eigenvalue weighted by Crippen LogP contribution is -2.53. The number of benzene rings is 1. The van der Waals surface area contributed by atoms with Gasteiger partial charge in [-0.1, -0.05) is 35.7 Å². The first-order chi connectivity index (χ1) is 10.2. The van der Waals surface area contributed by atoms with Crippen LogP contribution in [0, 0.1) is 0 Å². The zero-order chi connectivity index (χ0) is 14.4. The van der Waals surface area contributed by atoms with Gasteiger partial charge in [-0.3, -0.25) is 19.5 Å². The molecule has 0 saturated carbocycles. The topological polar surface area (TPSA) is 61.8 Å². The van der Waals surface area contributed by atoms with Gasteiger partial charge in [-0.2, -0.15) is 0 Å². The highest BCUT2D eigenvalue weighted by atomic mass is 32.2. The number of fused-ring (bicyclic) bond motifs is 3. The molecule has 0 unspecified atom stereocenters. The summed E-state index contributed by atoms with van der Waals surface area (Å²) >= 11 is 3.03. The number of amides is 2. The fourth-order valence-electron chi connectivity index (χ4n) is 2.90. The van der Waals surface area contributed by atoms with E-state index < -0.39 is 4.87 Å². The lowest BCUT2D eigenvalue weighted by atomic mass is 10.2. The fourth-order valence-corrected chi connectivity index (χ4v) is 5.04. The third-order valence-electron chi connectivity index (χ3n) is 3.83. The van der Waals surface area contributed by atoms with Crippen molar-refractivity contribution < 1.29 is 9.59 Å². The van der Waals surface area contributed by atoms with Gasteiger partial charge in [0, 0.05) is 17.1 Å². The van der Waals surface area contributed by atoms with Crippen molar-refractivity contribution in [3.05, 3.63) is 24.3 Å². The van der Waals surface area contributed by atoms with E-state index in [0.29, 0.717) is 18.0 Å². The number of carbonyl (C=O) groups excluding carboxylic acids is 2. The molecule has 1 N–H and O–H groups in total. The first-order valence-electron chi connectivity index (χ1n) is 6.80. The number of anilines is 1. The maximum atomic E-state index is 12.8. The zero-order valence-electron chi connectivity index (χ0n) is 11.2. The van der Waals surface area contributed by atoms with Gasteiger partial charge in [-0.05, 0) is 18.6 Å². The number of para-hydroxylation sites is 1. The van der Waals surface area contributed by atoms with E-state index in [-0.39, 0.29) is 11.8 Å². The molecule has 0 aliphatic carbocycles. The SMILES string of the molecule is O=C1CC[C@@]2(C(=O)NC3=NCCS3)Sc3ccccc3N12. The van der Waals surface area contributed by atoms with E-state index in [2.05, 4.69) is 10.3 Å². The molecule has 3 aliphatic heterocycles. The van der Waals surface area contributed by atoms with Gasteiger partial charge in [-0.25, -0.2) is 0 Å². The summed E-state index contributed by atoms with van der Waals surface area (Å²) in [5.74, 6) is 0.782. The molecule has 1 aromatic rings. The molecule has 0 spiro atoms. The van der Waals surface area contributed by atoms with Crippen molar-refractivity contribution in [2.24, 2.45) is 4.99 Å². The van der Waals surface area contributed by atoms with Crippen LogP contribution < -0.4 is 10.2 Å². The number of hydrogen-bond donors (Lipinski definition) is 1. The van der Waals surface area contributed by atoms with Crippen LogP contribution in [0.25, 0.3) is 0 Å². The molecule has 0 aromatic heterocycles. The third kappa shape index (κ3) is 1.91. The Kier molecular flexibility index (Phi) is 3.00. The predicted molar refractivity (Wildman–Crippen MR) is 84.7 cm³/mol. The number of hydrogen-bond acceptors (Lipinski definition) is 5. The largest absolute Gasteiger partial charge is 0.303 e. The first-order valence-corrected chi connectivity index (χ1v) is 8.61. The summed E-state index contributed by atoms with van der Waals surface area (Å²) in [5.41, 5.74) is 0.848. The summed E-state index contributed by atoms with van der Waals surface area (Å²) in [4.78, 5) is 31.1. The molecule has 1 aromatic carbocycles. The molecule has 1 fully saturated rings. The maximum absolute atomic E-state index is 12.8. The number of aliphatic imine (C=N–C) groups is 1. The van der Waals surface area contributed by atoms with Crippen molar-refractivity contribution in [3.8, 4) is 0 Å². The van der Waals surface area contributed by atoms with Crippen molar-refractivity contribution in [1.82, 2.24) is 5.32 Å². The standard InChI is InChI=1S/C14H13N3O2S2/c18-11-5-6-14(12(19)16-13-15-7-8-20-13)17(11)9-3-1-2-4-10(9)21-14/h1-4H,5-8H2,(H,15,16,19)/t14-/m0/s1. The van der Waals surface area contributed by atoms with Gasteiger partial charge >= 0.3 is 0 Å². The molecule has 3 heterocycles. The molecule has 1 saturated heterocycles. The molecular formula is C14H13N3O2S2. The van der Waals surface area contributed by atoms with Crippen LogP contribution in [0.4, 0.5) is 5.69 Å². The van der Waals surface area contributed by atoms with Gasteiger partial charge in [0.25, 0.3) is 5.91 Å². The van der Waals surface area contributed by atoms with Crippen molar-refractivity contribution in [2.75, 3.05) is 17.2 Å². The second-order valence-corrected chi connectivity index (χ2v) is 7.48. The number of amidine groups is 1. The van der Waals surface area contributed by atoms with E-state index in [1.54, 1.807) is 16.7 Å². The summed E-state index contributed by atoms with van der Waals surface area (Å²) in [6.45, 7) is 0.739. The Balaban J connectivity index is 1.70. The van der Waals surface area contributed by atoms with Gasteiger partial charge in [0.1, 0.15) is 0 Å². The summed E-state index contributed by atoms with van der Waals surface area (Å²) < 4.78 is 0. The Hall–Kier alpha value is -1.47. The van der Waals surface area contributed by atoms with E-state index in [0.717, 1.165) is 22.9 Å². The summed E-state index contributed by atoms with van der Waals surface area (Å²) in [5, 5.41) is 3.57. The number of thioether (sulfide) groups is 2. The van der Waals surface area contributed by atoms with Gasteiger partial charge < -0.3 is 5.32 Å². The highest BCUT2D eigenvalue weighted by Gasteiger charge is 2.57. The predicted octanol–water partition coefficient (Wildman–Crippen LogP) is 1.83. The highest BCUT2D eigenvalue weighted by molar-refractivity contribution is 8.14. The number of rotatable bonds is 1. The van der Waals surface area contributed by atoms with Gasteiger partial charge in [0.15, 0.2) is 10.0 Å². The van der Waals surface area contributed by atoms with Crippen LogP contribution in [0.5, 0.6) is 0 Å². The molecule has 3 aliphatic rings. The average Bonchev–Trinajstić information content (AvgIpc) is 3.15. The minimum Gasteiger partial charge on any atom is -0.303 e. The smallest absolute Gasteiger partial charge is 0.263 e. The van der Waals surface area contributed by atoms with Crippen molar-refractivity contribution in [2.45, 2.75) is 22.6 Å². The molecule has 1 atom stereocenters. The first kappa shape index (κ1) is 13.2. The summed E-state index contributed by atoms with van der Waals surface area (Å²) in [6.07, 6.45) is 0.948. The summed E-state index contributed by atoms with van der Waals surface area (Å²) in [6, 6.07) is 7.70. The van der Waals surface area contributed by atoms with Crippen molar-refractivity contribution >= 4 is 46.2 Å².